The Labute approximate surface area is 76.4 Å². The predicted octanol–water partition coefficient (Wildman–Crippen LogP) is 0.631. The molecule has 70 valence electrons. The first-order valence-corrected chi connectivity index (χ1v) is 4.87. The molecule has 0 heterocycles. The summed E-state index contributed by atoms with van der Waals surface area (Å²) in [5.41, 5.74) is 0. The van der Waals surface area contributed by atoms with Gasteiger partial charge in [-0.25, -0.2) is 0 Å². The van der Waals surface area contributed by atoms with Crippen LogP contribution in [0.1, 0.15) is 13.3 Å². The highest BCUT2D eigenvalue weighted by Crippen LogP contribution is 2.71. The summed E-state index contributed by atoms with van der Waals surface area (Å²) in [6.45, 7) is 1.90. The molecule has 3 nitrogen and oxygen atoms in total. The molecule has 0 radical (unpaired) electrons. The minimum Gasteiger partial charge on any atom is -0.466 e. The summed E-state index contributed by atoms with van der Waals surface area (Å²) in [5, 5.41) is 0. The fourth-order valence-electron chi connectivity index (χ4n) is 3.44. The van der Waals surface area contributed by atoms with Gasteiger partial charge in [0.2, 0.25) is 0 Å². The molecule has 0 spiro atoms. The molecule has 3 heteroatoms. The quantitative estimate of drug-likeness (QED) is 0.585. The zero-order valence-corrected chi connectivity index (χ0v) is 7.53. The van der Waals surface area contributed by atoms with Crippen LogP contribution in [0, 0.1) is 29.6 Å². The fourth-order valence-corrected chi connectivity index (χ4v) is 3.44. The fraction of sp³-hybridized carbons (Fsp3) is 0.800. The van der Waals surface area contributed by atoms with Gasteiger partial charge in [0.15, 0.2) is 0 Å². The molecule has 4 fully saturated rings. The number of hydrogen-bond acceptors (Lipinski definition) is 3. The maximum Gasteiger partial charge on any atom is 0.302 e. The summed E-state index contributed by atoms with van der Waals surface area (Å²) in [6, 6.07) is 0. The van der Waals surface area contributed by atoms with Gasteiger partial charge in [0.05, 0.1) is 6.61 Å². The van der Waals surface area contributed by atoms with Crippen molar-refractivity contribution in [3.63, 3.8) is 0 Å². The van der Waals surface area contributed by atoms with E-state index in [9.17, 15) is 9.59 Å². The standard InChI is InChI=1S/C10H12O3/c1-4(11)13-3-7-5-2-6-8(7)9(6)10(5)12/h5-9H,2-3H2,1H3/t5-,6-,7-,8-,9+/m0/s1. The Bertz CT molecular complexity index is 297. The van der Waals surface area contributed by atoms with Crippen LogP contribution in [0.2, 0.25) is 0 Å². The van der Waals surface area contributed by atoms with Gasteiger partial charge in [-0.2, -0.15) is 0 Å². The Kier molecular flexibility index (Phi) is 1.24. The van der Waals surface area contributed by atoms with Gasteiger partial charge in [-0.05, 0) is 18.3 Å². The van der Waals surface area contributed by atoms with Crippen LogP contribution in [0.4, 0.5) is 0 Å². The largest absolute Gasteiger partial charge is 0.466 e. The molecule has 4 saturated carbocycles. The lowest BCUT2D eigenvalue weighted by molar-refractivity contribution is -0.143. The topological polar surface area (TPSA) is 43.4 Å². The highest BCUT2D eigenvalue weighted by atomic mass is 16.5. The molecule has 4 aliphatic carbocycles. The first kappa shape index (κ1) is 7.54. The minimum atomic E-state index is -0.228. The van der Waals surface area contributed by atoms with Crippen LogP contribution in [0.3, 0.4) is 0 Å². The molecule has 5 atom stereocenters. The lowest BCUT2D eigenvalue weighted by atomic mass is 9.99. The zero-order valence-electron chi connectivity index (χ0n) is 7.53. The number of ether oxygens (including phenoxy) is 1. The van der Waals surface area contributed by atoms with E-state index in [1.165, 1.54) is 6.92 Å². The lowest BCUT2D eigenvalue weighted by Crippen LogP contribution is -2.18. The van der Waals surface area contributed by atoms with Crippen LogP contribution in [-0.2, 0) is 14.3 Å². The average molecular weight is 180 g/mol. The highest BCUT2D eigenvalue weighted by molar-refractivity contribution is 5.93. The first-order chi connectivity index (χ1) is 6.20. The average Bonchev–Trinajstić information content (AvgIpc) is 2.36. The Morgan fingerprint density at radius 1 is 1.62 bits per heavy atom. The van der Waals surface area contributed by atoms with Crippen molar-refractivity contribution in [1.29, 1.82) is 0 Å². The molecule has 13 heavy (non-hydrogen) atoms. The van der Waals surface area contributed by atoms with E-state index < -0.39 is 0 Å². The SMILES string of the molecule is CC(=O)OC[C@@H]1[C@@H]2[C@@H]3C[C@@H]1C(=O)[C@H]32. The molecule has 0 aromatic rings. The number of rotatable bonds is 2. The Morgan fingerprint density at radius 2 is 2.38 bits per heavy atom. The molecule has 4 bridgehead atoms. The van der Waals surface area contributed by atoms with Crippen LogP contribution in [0.25, 0.3) is 0 Å². The number of carbonyl (C=O) groups excluding carboxylic acids is 2. The lowest BCUT2D eigenvalue weighted by Gasteiger charge is -2.12. The van der Waals surface area contributed by atoms with Gasteiger partial charge >= 0.3 is 5.97 Å². The Morgan fingerprint density at radius 3 is 2.77 bits per heavy atom. The van der Waals surface area contributed by atoms with E-state index >= 15 is 0 Å². The third-order valence-corrected chi connectivity index (χ3v) is 3.94. The second kappa shape index (κ2) is 2.14. The monoisotopic (exact) mass is 180 g/mol. The third kappa shape index (κ3) is 0.798. The van der Waals surface area contributed by atoms with Crippen molar-refractivity contribution < 1.29 is 14.3 Å². The summed E-state index contributed by atoms with van der Waals surface area (Å²) < 4.78 is 4.98. The molecule has 0 aliphatic heterocycles. The van der Waals surface area contributed by atoms with Gasteiger partial charge in [0, 0.05) is 24.7 Å². The molecule has 0 amide bonds. The van der Waals surface area contributed by atoms with E-state index in [2.05, 4.69) is 0 Å². The van der Waals surface area contributed by atoms with Crippen LogP contribution < -0.4 is 0 Å². The van der Waals surface area contributed by atoms with Crippen LogP contribution in [0.15, 0.2) is 0 Å². The summed E-state index contributed by atoms with van der Waals surface area (Å²) >= 11 is 0. The van der Waals surface area contributed by atoms with Crippen molar-refractivity contribution >= 4 is 11.8 Å². The van der Waals surface area contributed by atoms with E-state index in [4.69, 9.17) is 4.74 Å². The number of carbonyl (C=O) groups is 2. The summed E-state index contributed by atoms with van der Waals surface area (Å²) in [5.74, 6) is 2.44. The Hall–Kier alpha value is -0.860. The summed E-state index contributed by atoms with van der Waals surface area (Å²) in [4.78, 5) is 22.1. The van der Waals surface area contributed by atoms with Gasteiger partial charge in [-0.1, -0.05) is 0 Å². The van der Waals surface area contributed by atoms with Crippen molar-refractivity contribution in [3.05, 3.63) is 0 Å². The highest BCUT2D eigenvalue weighted by Gasteiger charge is 2.73. The van der Waals surface area contributed by atoms with Crippen molar-refractivity contribution in [1.82, 2.24) is 0 Å². The number of ketones is 1. The molecule has 0 unspecified atom stereocenters. The van der Waals surface area contributed by atoms with Crippen molar-refractivity contribution in [2.45, 2.75) is 13.3 Å². The van der Waals surface area contributed by atoms with Crippen LogP contribution in [0.5, 0.6) is 0 Å². The van der Waals surface area contributed by atoms with Gasteiger partial charge in [-0.3, -0.25) is 9.59 Å². The second-order valence-corrected chi connectivity index (χ2v) is 4.48. The van der Waals surface area contributed by atoms with Gasteiger partial charge in [0.1, 0.15) is 5.78 Å². The maximum atomic E-state index is 11.5. The van der Waals surface area contributed by atoms with Crippen molar-refractivity contribution in [2.75, 3.05) is 6.61 Å². The molecule has 0 N–H and O–H groups in total. The molecule has 0 aromatic carbocycles. The smallest absolute Gasteiger partial charge is 0.302 e. The molecular weight excluding hydrogens is 168 g/mol. The van der Waals surface area contributed by atoms with Crippen molar-refractivity contribution in [2.24, 2.45) is 29.6 Å². The summed E-state index contributed by atoms with van der Waals surface area (Å²) in [7, 11) is 0. The predicted molar refractivity (Wildman–Crippen MR) is 43.7 cm³/mol. The van der Waals surface area contributed by atoms with Crippen LogP contribution >= 0.6 is 0 Å². The van der Waals surface area contributed by atoms with E-state index in [0.717, 1.165) is 6.42 Å². The maximum absolute atomic E-state index is 11.5. The Balaban J connectivity index is 1.69. The van der Waals surface area contributed by atoms with E-state index in [-0.39, 0.29) is 11.9 Å². The minimum absolute atomic E-state index is 0.228. The first-order valence-electron chi connectivity index (χ1n) is 4.87. The molecular formula is C10H12O3. The number of Topliss-reactive ketones (excluding diaryl/α,β-unsaturated/α-hetero) is 1. The normalized spacial score (nSPS) is 49.6. The molecule has 4 rings (SSSR count). The number of esters is 1. The molecule has 4 aliphatic rings. The molecule has 0 aromatic heterocycles. The summed E-state index contributed by atoms with van der Waals surface area (Å²) in [6.07, 6.45) is 1.07. The van der Waals surface area contributed by atoms with Crippen LogP contribution in [-0.4, -0.2) is 18.4 Å². The van der Waals surface area contributed by atoms with E-state index in [0.29, 0.717) is 36.1 Å². The van der Waals surface area contributed by atoms with Gasteiger partial charge < -0.3 is 4.74 Å². The zero-order chi connectivity index (χ0) is 9.16. The van der Waals surface area contributed by atoms with Gasteiger partial charge in [-0.15, -0.1) is 0 Å². The second-order valence-electron chi connectivity index (χ2n) is 4.48. The number of hydrogen-bond donors (Lipinski definition) is 0. The molecule has 0 saturated heterocycles. The van der Waals surface area contributed by atoms with E-state index in [1.54, 1.807) is 0 Å². The van der Waals surface area contributed by atoms with Gasteiger partial charge in [0.25, 0.3) is 0 Å². The van der Waals surface area contributed by atoms with Crippen molar-refractivity contribution in [3.8, 4) is 0 Å². The third-order valence-electron chi connectivity index (χ3n) is 3.94. The van der Waals surface area contributed by atoms with E-state index in [1.807, 2.05) is 0 Å².